The van der Waals surface area contributed by atoms with Crippen molar-refractivity contribution in [2.24, 2.45) is 5.92 Å². The number of hydrogen-bond acceptors (Lipinski definition) is 7. The van der Waals surface area contributed by atoms with Crippen LogP contribution in [0.2, 0.25) is 0 Å². The molecule has 2 atom stereocenters. The molecule has 2 unspecified atom stereocenters. The normalized spacial score (nSPS) is 24.6. The van der Waals surface area contributed by atoms with Gasteiger partial charge in [0.05, 0.1) is 22.0 Å². The summed E-state index contributed by atoms with van der Waals surface area (Å²) in [6.45, 7) is 8.74. The van der Waals surface area contributed by atoms with Crippen molar-refractivity contribution in [3.05, 3.63) is 28.3 Å². The first-order chi connectivity index (χ1) is 13.6. The molecule has 1 aromatic rings. The van der Waals surface area contributed by atoms with Gasteiger partial charge in [-0.25, -0.2) is 8.42 Å². The highest BCUT2D eigenvalue weighted by Gasteiger charge is 2.28. The molecule has 2 aliphatic heterocycles. The van der Waals surface area contributed by atoms with Crippen molar-refractivity contribution in [1.82, 2.24) is 4.90 Å². The Bertz CT molecular complexity index is 827. The molecular weight excluding hydrogens is 394 g/mol. The van der Waals surface area contributed by atoms with Crippen LogP contribution in [0.1, 0.15) is 33.1 Å². The molecule has 2 saturated heterocycles. The Balaban J connectivity index is 1.58. The topological polar surface area (TPSA) is 93.0 Å². The van der Waals surface area contributed by atoms with E-state index in [1.165, 1.54) is 12.1 Å². The molecule has 2 heterocycles. The molecule has 3 rings (SSSR count). The highest BCUT2D eigenvalue weighted by molar-refractivity contribution is 7.90. The lowest BCUT2D eigenvalue weighted by molar-refractivity contribution is -0.384. The van der Waals surface area contributed by atoms with E-state index < -0.39 is 14.8 Å². The lowest BCUT2D eigenvalue weighted by Gasteiger charge is -2.37. The standard InChI is InChI=1S/C20H31N3O5S/c1-15-13-21(14-16(2)28-15)9-6-17-7-10-22(11-8-17)19-5-4-18(29(3,26)27)12-20(19)23(24)25/h4-5,12,15-17H,6-11,13-14H2,1-3H3. The van der Waals surface area contributed by atoms with Crippen LogP contribution in [0.4, 0.5) is 11.4 Å². The summed E-state index contributed by atoms with van der Waals surface area (Å²) in [6.07, 6.45) is 4.71. The number of piperidine rings is 1. The highest BCUT2D eigenvalue weighted by atomic mass is 32.2. The molecule has 0 radical (unpaired) electrons. The van der Waals surface area contributed by atoms with Crippen LogP contribution in [0.3, 0.4) is 0 Å². The number of nitro benzene ring substituents is 1. The zero-order chi connectivity index (χ0) is 21.2. The second-order valence-electron chi connectivity index (χ2n) is 8.42. The summed E-state index contributed by atoms with van der Waals surface area (Å²) in [7, 11) is -3.48. The lowest BCUT2D eigenvalue weighted by Crippen LogP contribution is -2.46. The minimum absolute atomic E-state index is 0.0168. The average molecular weight is 426 g/mol. The summed E-state index contributed by atoms with van der Waals surface area (Å²) < 4.78 is 29.3. The molecule has 2 aliphatic rings. The third-order valence-electron chi connectivity index (χ3n) is 5.88. The maximum absolute atomic E-state index is 11.7. The molecule has 29 heavy (non-hydrogen) atoms. The Kier molecular flexibility index (Phi) is 6.80. The van der Waals surface area contributed by atoms with Gasteiger partial charge in [0.1, 0.15) is 5.69 Å². The summed E-state index contributed by atoms with van der Waals surface area (Å²) in [5.74, 6) is 0.606. The first kappa shape index (κ1) is 22.0. The Morgan fingerprint density at radius 2 is 1.79 bits per heavy atom. The largest absolute Gasteiger partial charge is 0.373 e. The fraction of sp³-hybridized carbons (Fsp3) is 0.700. The van der Waals surface area contributed by atoms with Gasteiger partial charge < -0.3 is 9.64 Å². The van der Waals surface area contributed by atoms with Gasteiger partial charge in [-0.2, -0.15) is 0 Å². The first-order valence-electron chi connectivity index (χ1n) is 10.2. The Morgan fingerprint density at radius 1 is 1.17 bits per heavy atom. The van der Waals surface area contributed by atoms with Crippen molar-refractivity contribution in [2.45, 2.75) is 50.2 Å². The summed E-state index contributed by atoms with van der Waals surface area (Å²) in [4.78, 5) is 15.5. The first-order valence-corrected chi connectivity index (χ1v) is 12.1. The zero-order valence-electron chi connectivity index (χ0n) is 17.4. The van der Waals surface area contributed by atoms with Crippen LogP contribution >= 0.6 is 0 Å². The molecule has 0 N–H and O–H groups in total. The lowest BCUT2D eigenvalue weighted by atomic mass is 9.92. The quantitative estimate of drug-likeness (QED) is 0.511. The van der Waals surface area contributed by atoms with Gasteiger partial charge in [-0.15, -0.1) is 0 Å². The van der Waals surface area contributed by atoms with E-state index in [1.54, 1.807) is 6.07 Å². The van der Waals surface area contributed by atoms with Crippen molar-refractivity contribution < 1.29 is 18.1 Å². The van der Waals surface area contributed by atoms with Crippen molar-refractivity contribution >= 4 is 21.2 Å². The number of nitro groups is 1. The van der Waals surface area contributed by atoms with E-state index in [9.17, 15) is 18.5 Å². The average Bonchev–Trinajstić information content (AvgIpc) is 2.65. The monoisotopic (exact) mass is 425 g/mol. The van der Waals surface area contributed by atoms with Gasteiger partial charge in [-0.1, -0.05) is 0 Å². The van der Waals surface area contributed by atoms with Gasteiger partial charge in [-0.05, 0) is 57.7 Å². The second-order valence-corrected chi connectivity index (χ2v) is 10.4. The fourth-order valence-corrected chi connectivity index (χ4v) is 5.08. The smallest absolute Gasteiger partial charge is 0.293 e. The van der Waals surface area contributed by atoms with Crippen molar-refractivity contribution in [3.63, 3.8) is 0 Å². The van der Waals surface area contributed by atoms with E-state index in [2.05, 4.69) is 18.7 Å². The molecule has 2 fully saturated rings. The van der Waals surface area contributed by atoms with Gasteiger partial charge >= 0.3 is 0 Å². The maximum Gasteiger partial charge on any atom is 0.293 e. The van der Waals surface area contributed by atoms with Crippen molar-refractivity contribution in [2.75, 3.05) is 43.9 Å². The van der Waals surface area contributed by atoms with Crippen LogP contribution < -0.4 is 4.90 Å². The number of nitrogens with zero attached hydrogens (tertiary/aromatic N) is 3. The van der Waals surface area contributed by atoms with Crippen LogP contribution in [-0.4, -0.2) is 69.4 Å². The third-order valence-corrected chi connectivity index (χ3v) is 6.99. The molecule has 0 aromatic heterocycles. The zero-order valence-corrected chi connectivity index (χ0v) is 18.2. The number of anilines is 1. The Labute approximate surface area is 172 Å². The molecule has 0 amide bonds. The predicted octanol–water partition coefficient (Wildman–Crippen LogP) is 2.71. The Morgan fingerprint density at radius 3 is 2.34 bits per heavy atom. The highest BCUT2D eigenvalue weighted by Crippen LogP contribution is 2.34. The van der Waals surface area contributed by atoms with Gasteiger partial charge in [0.2, 0.25) is 0 Å². The van der Waals surface area contributed by atoms with Crippen LogP contribution in [0.15, 0.2) is 23.1 Å². The molecule has 0 saturated carbocycles. The minimum Gasteiger partial charge on any atom is -0.373 e. The molecule has 0 aliphatic carbocycles. The van der Waals surface area contributed by atoms with Crippen molar-refractivity contribution in [1.29, 1.82) is 0 Å². The van der Waals surface area contributed by atoms with Gasteiger partial charge in [0, 0.05) is 38.5 Å². The van der Waals surface area contributed by atoms with Crippen LogP contribution in [0.25, 0.3) is 0 Å². The van der Waals surface area contributed by atoms with Crippen LogP contribution in [0.5, 0.6) is 0 Å². The van der Waals surface area contributed by atoms with E-state index in [0.717, 1.165) is 58.2 Å². The predicted molar refractivity (Wildman–Crippen MR) is 112 cm³/mol. The van der Waals surface area contributed by atoms with E-state index in [4.69, 9.17) is 4.74 Å². The molecule has 0 spiro atoms. The molecule has 9 heteroatoms. The summed E-state index contributed by atoms with van der Waals surface area (Å²) in [5.41, 5.74) is 0.374. The van der Waals surface area contributed by atoms with Gasteiger partial charge in [0.25, 0.3) is 5.69 Å². The summed E-state index contributed by atoms with van der Waals surface area (Å²) >= 11 is 0. The van der Waals surface area contributed by atoms with Gasteiger partial charge in [0.15, 0.2) is 9.84 Å². The molecule has 0 bridgehead atoms. The maximum atomic E-state index is 11.7. The number of sulfone groups is 1. The van der Waals surface area contributed by atoms with Gasteiger partial charge in [-0.3, -0.25) is 15.0 Å². The third kappa shape index (κ3) is 5.67. The molecule has 8 nitrogen and oxygen atoms in total. The van der Waals surface area contributed by atoms with Crippen molar-refractivity contribution in [3.8, 4) is 0 Å². The summed E-state index contributed by atoms with van der Waals surface area (Å²) in [6, 6.07) is 4.22. The molecule has 162 valence electrons. The number of morpholine rings is 1. The second kappa shape index (κ2) is 8.97. The van der Waals surface area contributed by atoms with E-state index >= 15 is 0 Å². The number of benzene rings is 1. The number of ether oxygens (including phenoxy) is 1. The fourth-order valence-electron chi connectivity index (χ4n) is 4.44. The van der Waals surface area contributed by atoms with E-state index in [0.29, 0.717) is 11.6 Å². The number of rotatable bonds is 6. The summed E-state index contributed by atoms with van der Waals surface area (Å²) in [5, 5.41) is 11.5. The number of hydrogen-bond donors (Lipinski definition) is 0. The van der Waals surface area contributed by atoms with Crippen LogP contribution in [0, 0.1) is 16.0 Å². The van der Waals surface area contributed by atoms with Crippen LogP contribution in [-0.2, 0) is 14.6 Å². The minimum atomic E-state index is -3.48. The Hall–Kier alpha value is -1.71. The SMILES string of the molecule is CC1CN(CCC2CCN(c3ccc(S(C)(=O)=O)cc3[N+](=O)[O-])CC2)CC(C)O1. The van der Waals surface area contributed by atoms with E-state index in [-0.39, 0.29) is 22.8 Å². The molecular formula is C20H31N3O5S. The molecule has 1 aromatic carbocycles. The van der Waals surface area contributed by atoms with E-state index in [1.807, 2.05) is 4.90 Å².